The summed E-state index contributed by atoms with van der Waals surface area (Å²) in [7, 11) is 1.43. The molecule has 0 spiro atoms. The first kappa shape index (κ1) is 19.7. The number of hydrogen-bond acceptors (Lipinski definition) is 5. The van der Waals surface area contributed by atoms with E-state index in [0.717, 1.165) is 24.3 Å². The number of ketones is 1. The smallest absolute Gasteiger partial charge is 0.416 e. The number of methoxy groups -OCH3 is 1. The SMILES string of the molecule is COc1nc(/C(N)=N/OCC(=O)c2ccc(C(F)(F)F)cc2)ccc1Br. The lowest BCUT2D eigenvalue weighted by Crippen LogP contribution is -2.17. The van der Waals surface area contributed by atoms with Crippen LogP contribution in [-0.2, 0) is 11.0 Å². The molecule has 0 aliphatic carbocycles. The topological polar surface area (TPSA) is 86.8 Å². The first-order chi connectivity index (χ1) is 12.2. The molecule has 2 rings (SSSR count). The van der Waals surface area contributed by atoms with Crippen molar-refractivity contribution in [3.63, 3.8) is 0 Å². The molecular weight excluding hydrogens is 419 g/mol. The molecule has 26 heavy (non-hydrogen) atoms. The Labute approximate surface area is 154 Å². The van der Waals surface area contributed by atoms with Gasteiger partial charge in [0.25, 0.3) is 0 Å². The minimum absolute atomic E-state index is 0.0650. The van der Waals surface area contributed by atoms with Crippen molar-refractivity contribution in [1.82, 2.24) is 4.98 Å². The van der Waals surface area contributed by atoms with Crippen molar-refractivity contribution in [2.45, 2.75) is 6.18 Å². The molecule has 0 amide bonds. The molecule has 0 aliphatic heterocycles. The van der Waals surface area contributed by atoms with E-state index in [-0.39, 0.29) is 17.1 Å². The average Bonchev–Trinajstić information content (AvgIpc) is 2.61. The third kappa shape index (κ3) is 4.94. The van der Waals surface area contributed by atoms with E-state index in [0.29, 0.717) is 10.4 Å². The number of ether oxygens (including phenoxy) is 1. The molecular formula is C16H13BrF3N3O3. The predicted octanol–water partition coefficient (Wildman–Crippen LogP) is 3.39. The Morgan fingerprint density at radius 3 is 2.46 bits per heavy atom. The molecule has 1 heterocycles. The minimum Gasteiger partial charge on any atom is -0.480 e. The average molecular weight is 432 g/mol. The minimum atomic E-state index is -4.46. The van der Waals surface area contributed by atoms with Crippen molar-refractivity contribution in [3.8, 4) is 5.88 Å². The van der Waals surface area contributed by atoms with E-state index in [1.165, 1.54) is 7.11 Å². The van der Waals surface area contributed by atoms with Crippen LogP contribution in [0.5, 0.6) is 5.88 Å². The van der Waals surface area contributed by atoms with Crippen LogP contribution in [0.1, 0.15) is 21.6 Å². The zero-order valence-corrected chi connectivity index (χ0v) is 15.0. The van der Waals surface area contributed by atoms with Gasteiger partial charge in [-0.15, -0.1) is 0 Å². The van der Waals surface area contributed by atoms with Gasteiger partial charge >= 0.3 is 6.18 Å². The van der Waals surface area contributed by atoms with Gasteiger partial charge in [-0.1, -0.05) is 17.3 Å². The van der Waals surface area contributed by atoms with Gasteiger partial charge in [-0.25, -0.2) is 4.98 Å². The van der Waals surface area contributed by atoms with Crippen LogP contribution in [0.15, 0.2) is 46.0 Å². The fraction of sp³-hybridized carbons (Fsp3) is 0.188. The first-order valence-electron chi connectivity index (χ1n) is 7.09. The molecule has 0 saturated carbocycles. The van der Waals surface area contributed by atoms with Gasteiger partial charge in [0.1, 0.15) is 5.69 Å². The molecule has 1 aromatic carbocycles. The summed E-state index contributed by atoms with van der Waals surface area (Å²) in [4.78, 5) is 20.9. The summed E-state index contributed by atoms with van der Waals surface area (Å²) in [6.45, 7) is -0.486. The number of amidine groups is 1. The van der Waals surface area contributed by atoms with Crippen LogP contribution < -0.4 is 10.5 Å². The maximum absolute atomic E-state index is 12.5. The second kappa shape index (κ2) is 8.17. The Hall–Kier alpha value is -2.62. The van der Waals surface area contributed by atoms with Gasteiger partial charge in [0, 0.05) is 5.56 Å². The number of benzene rings is 1. The van der Waals surface area contributed by atoms with E-state index in [1.807, 2.05) is 0 Å². The molecule has 0 unspecified atom stereocenters. The van der Waals surface area contributed by atoms with Gasteiger partial charge < -0.3 is 15.3 Å². The van der Waals surface area contributed by atoms with E-state index in [1.54, 1.807) is 12.1 Å². The molecule has 2 aromatic rings. The van der Waals surface area contributed by atoms with Crippen molar-refractivity contribution < 1.29 is 27.5 Å². The molecule has 0 aliphatic rings. The summed E-state index contributed by atoms with van der Waals surface area (Å²) >= 11 is 3.24. The molecule has 6 nitrogen and oxygen atoms in total. The van der Waals surface area contributed by atoms with E-state index in [4.69, 9.17) is 15.3 Å². The van der Waals surface area contributed by atoms with Crippen LogP contribution in [0.3, 0.4) is 0 Å². The molecule has 0 radical (unpaired) electrons. The predicted molar refractivity (Wildman–Crippen MR) is 90.9 cm³/mol. The third-order valence-corrected chi connectivity index (χ3v) is 3.77. The Balaban J connectivity index is 1.99. The van der Waals surface area contributed by atoms with Crippen molar-refractivity contribution in [1.29, 1.82) is 0 Å². The van der Waals surface area contributed by atoms with Crippen molar-refractivity contribution in [2.75, 3.05) is 13.7 Å². The molecule has 1 aromatic heterocycles. The maximum atomic E-state index is 12.5. The summed E-state index contributed by atoms with van der Waals surface area (Å²) < 4.78 is 43.1. The van der Waals surface area contributed by atoms with Crippen molar-refractivity contribution in [3.05, 3.63) is 57.7 Å². The van der Waals surface area contributed by atoms with Gasteiger partial charge in [-0.05, 0) is 40.2 Å². The number of carbonyl (C=O) groups is 1. The summed E-state index contributed by atoms with van der Waals surface area (Å²) in [5.41, 5.74) is 5.21. The number of alkyl halides is 3. The molecule has 10 heteroatoms. The number of Topliss-reactive ketones (excluding diaryl/α,β-unsaturated/α-hetero) is 1. The zero-order chi connectivity index (χ0) is 19.3. The van der Waals surface area contributed by atoms with E-state index >= 15 is 0 Å². The van der Waals surface area contributed by atoms with E-state index in [9.17, 15) is 18.0 Å². The number of nitrogens with two attached hydrogens (primary N) is 1. The first-order valence-corrected chi connectivity index (χ1v) is 7.88. The van der Waals surface area contributed by atoms with Gasteiger partial charge in [0.05, 0.1) is 17.1 Å². The Morgan fingerprint density at radius 2 is 1.88 bits per heavy atom. The molecule has 0 atom stereocenters. The summed E-state index contributed by atoms with van der Waals surface area (Å²) in [5, 5.41) is 3.58. The quantitative estimate of drug-likeness (QED) is 0.327. The van der Waals surface area contributed by atoms with Crippen LogP contribution in [0, 0.1) is 0 Å². The van der Waals surface area contributed by atoms with Crippen LogP contribution in [0.2, 0.25) is 0 Å². The summed E-state index contributed by atoms with van der Waals surface area (Å²) in [5.74, 6) is -0.339. The number of nitrogens with zero attached hydrogens (tertiary/aromatic N) is 2. The van der Waals surface area contributed by atoms with Crippen LogP contribution in [0.4, 0.5) is 13.2 Å². The number of hydrogen-bond donors (Lipinski definition) is 1. The Kier molecular flexibility index (Phi) is 6.19. The second-order valence-electron chi connectivity index (χ2n) is 4.94. The lowest BCUT2D eigenvalue weighted by molar-refractivity contribution is -0.137. The van der Waals surface area contributed by atoms with Gasteiger partial charge in [-0.2, -0.15) is 13.2 Å². The highest BCUT2D eigenvalue weighted by atomic mass is 79.9. The Bertz CT molecular complexity index is 824. The van der Waals surface area contributed by atoms with Crippen LogP contribution in [-0.4, -0.2) is 30.3 Å². The standard InChI is InChI=1S/C16H13BrF3N3O3/c1-25-15-11(17)6-7-12(22-15)14(21)23-26-8-13(24)9-2-4-10(5-3-9)16(18,19)20/h2-7H,8H2,1H3,(H2,21,23). The Morgan fingerprint density at radius 1 is 1.23 bits per heavy atom. The van der Waals surface area contributed by atoms with Gasteiger partial charge in [0.15, 0.2) is 12.4 Å². The fourth-order valence-electron chi connectivity index (χ4n) is 1.84. The number of oxime groups is 1. The largest absolute Gasteiger partial charge is 0.480 e. The van der Waals surface area contributed by atoms with E-state index < -0.39 is 24.1 Å². The van der Waals surface area contributed by atoms with Crippen LogP contribution in [0.25, 0.3) is 0 Å². The maximum Gasteiger partial charge on any atom is 0.416 e. The molecule has 0 fully saturated rings. The molecule has 0 saturated heterocycles. The zero-order valence-electron chi connectivity index (χ0n) is 13.4. The fourth-order valence-corrected chi connectivity index (χ4v) is 2.23. The highest BCUT2D eigenvalue weighted by molar-refractivity contribution is 9.10. The molecule has 0 bridgehead atoms. The number of aromatic nitrogens is 1. The van der Waals surface area contributed by atoms with E-state index in [2.05, 4.69) is 26.1 Å². The van der Waals surface area contributed by atoms with Gasteiger partial charge in [0.2, 0.25) is 11.7 Å². The number of carbonyl (C=O) groups excluding carboxylic acids is 1. The second-order valence-corrected chi connectivity index (χ2v) is 5.79. The molecule has 2 N–H and O–H groups in total. The number of rotatable bonds is 6. The third-order valence-electron chi connectivity index (χ3n) is 3.16. The highest BCUT2D eigenvalue weighted by Crippen LogP contribution is 2.29. The lowest BCUT2D eigenvalue weighted by atomic mass is 10.1. The van der Waals surface area contributed by atoms with Gasteiger partial charge in [-0.3, -0.25) is 4.79 Å². The highest BCUT2D eigenvalue weighted by Gasteiger charge is 2.30. The van der Waals surface area contributed by atoms with Crippen LogP contribution >= 0.6 is 15.9 Å². The van der Waals surface area contributed by atoms with Crippen molar-refractivity contribution >= 4 is 27.5 Å². The number of halogens is 4. The monoisotopic (exact) mass is 431 g/mol. The lowest BCUT2D eigenvalue weighted by Gasteiger charge is -2.07. The molecule has 138 valence electrons. The van der Waals surface area contributed by atoms with Crippen molar-refractivity contribution in [2.24, 2.45) is 10.9 Å². The summed E-state index contributed by atoms with van der Waals surface area (Å²) in [6, 6.07) is 7.00. The number of pyridine rings is 1. The summed E-state index contributed by atoms with van der Waals surface area (Å²) in [6.07, 6.45) is -4.46. The normalized spacial score (nSPS) is 12.0.